The van der Waals surface area contributed by atoms with Crippen molar-refractivity contribution in [3.8, 4) is 5.75 Å². The van der Waals surface area contributed by atoms with Crippen molar-refractivity contribution >= 4 is 45.1 Å². The summed E-state index contributed by atoms with van der Waals surface area (Å²) in [7, 11) is 0. The number of anilines is 1. The van der Waals surface area contributed by atoms with Gasteiger partial charge in [0.25, 0.3) is 0 Å². The smallest absolute Gasteiger partial charge is 0.343 e. The van der Waals surface area contributed by atoms with Crippen molar-refractivity contribution in [3.63, 3.8) is 0 Å². The molecule has 124 valence electrons. The number of nitrogens with zero attached hydrogens (tertiary/aromatic N) is 1. The zero-order valence-electron chi connectivity index (χ0n) is 13.0. The molecule has 0 aromatic heterocycles. The van der Waals surface area contributed by atoms with E-state index in [9.17, 15) is 9.59 Å². The molecule has 0 atom stereocenters. The predicted molar refractivity (Wildman–Crippen MR) is 96.9 cm³/mol. The molecule has 2 aromatic carbocycles. The number of hydrogen-bond acceptors (Lipinski definition) is 3. The molecule has 0 aliphatic carbocycles. The lowest BCUT2D eigenvalue weighted by Gasteiger charge is -2.16. The van der Waals surface area contributed by atoms with Gasteiger partial charge in [-0.3, -0.25) is 4.79 Å². The van der Waals surface area contributed by atoms with Crippen LogP contribution in [-0.4, -0.2) is 18.4 Å². The largest absolute Gasteiger partial charge is 0.421 e. The third-order valence-electron chi connectivity index (χ3n) is 3.91. The van der Waals surface area contributed by atoms with E-state index >= 15 is 0 Å². The quantitative estimate of drug-likeness (QED) is 0.550. The molecular formula is C18H15BrClNO3. The molecule has 1 aliphatic heterocycles. The van der Waals surface area contributed by atoms with Crippen LogP contribution in [-0.2, 0) is 11.2 Å². The van der Waals surface area contributed by atoms with Crippen molar-refractivity contribution in [2.45, 2.75) is 19.8 Å². The van der Waals surface area contributed by atoms with Crippen LogP contribution in [0.2, 0.25) is 5.02 Å². The maximum absolute atomic E-state index is 12.3. The minimum absolute atomic E-state index is 0.0886. The summed E-state index contributed by atoms with van der Waals surface area (Å²) < 4.78 is 6.18. The highest BCUT2D eigenvalue weighted by Gasteiger charge is 2.24. The van der Waals surface area contributed by atoms with Crippen LogP contribution in [0.4, 0.5) is 5.69 Å². The lowest BCUT2D eigenvalue weighted by molar-refractivity contribution is -0.118. The van der Waals surface area contributed by atoms with Gasteiger partial charge in [-0.05, 0) is 48.4 Å². The summed E-state index contributed by atoms with van der Waals surface area (Å²) >= 11 is 9.38. The molecule has 0 saturated heterocycles. The first kappa shape index (κ1) is 17.0. The standard InChI is InChI=1S/C18H15BrClNO3/c1-2-17(22)21-8-7-11-9-12(3-5-15(11)21)18(23)24-16-6-4-13(19)10-14(16)20/h3-6,9-10H,2,7-8H2,1H3. The summed E-state index contributed by atoms with van der Waals surface area (Å²) in [6, 6.07) is 10.3. The van der Waals surface area contributed by atoms with Crippen molar-refractivity contribution in [2.24, 2.45) is 0 Å². The molecule has 1 aliphatic rings. The summed E-state index contributed by atoms with van der Waals surface area (Å²) in [5, 5.41) is 0.360. The summed E-state index contributed by atoms with van der Waals surface area (Å²) in [6.45, 7) is 2.49. The Hall–Kier alpha value is -1.85. The highest BCUT2D eigenvalue weighted by molar-refractivity contribution is 9.10. The van der Waals surface area contributed by atoms with Crippen LogP contribution < -0.4 is 9.64 Å². The molecule has 0 spiro atoms. The Balaban J connectivity index is 1.81. The topological polar surface area (TPSA) is 46.6 Å². The number of fused-ring (bicyclic) bond motifs is 1. The second-order valence-corrected chi connectivity index (χ2v) is 6.78. The SMILES string of the molecule is CCC(=O)N1CCc2cc(C(=O)Oc3ccc(Br)cc3Cl)ccc21. The lowest BCUT2D eigenvalue weighted by atomic mass is 10.1. The first-order chi connectivity index (χ1) is 11.5. The number of hydrogen-bond donors (Lipinski definition) is 0. The Kier molecular flexibility index (Phi) is 4.92. The van der Waals surface area contributed by atoms with Gasteiger partial charge in [0.15, 0.2) is 0 Å². The van der Waals surface area contributed by atoms with E-state index in [2.05, 4.69) is 15.9 Å². The Morgan fingerprint density at radius 3 is 2.75 bits per heavy atom. The van der Waals surface area contributed by atoms with Gasteiger partial charge in [0, 0.05) is 23.1 Å². The fourth-order valence-electron chi connectivity index (χ4n) is 2.70. The number of amides is 1. The number of carbonyl (C=O) groups excluding carboxylic acids is 2. The average Bonchev–Trinajstić information content (AvgIpc) is 2.99. The number of rotatable bonds is 3. The van der Waals surface area contributed by atoms with Gasteiger partial charge in [-0.1, -0.05) is 34.5 Å². The summed E-state index contributed by atoms with van der Waals surface area (Å²) in [4.78, 5) is 26.0. The fourth-order valence-corrected chi connectivity index (χ4v) is 3.41. The van der Waals surface area contributed by atoms with Crippen molar-refractivity contribution in [3.05, 3.63) is 57.0 Å². The fraction of sp³-hybridized carbons (Fsp3) is 0.222. The number of esters is 1. The van der Waals surface area contributed by atoms with Crippen LogP contribution in [0.5, 0.6) is 5.75 Å². The molecule has 2 aromatic rings. The van der Waals surface area contributed by atoms with Crippen LogP contribution in [0.1, 0.15) is 29.3 Å². The van der Waals surface area contributed by atoms with E-state index in [1.54, 1.807) is 41.3 Å². The van der Waals surface area contributed by atoms with Gasteiger partial charge < -0.3 is 9.64 Å². The molecule has 3 rings (SSSR count). The van der Waals surface area contributed by atoms with E-state index in [-0.39, 0.29) is 5.91 Å². The third kappa shape index (κ3) is 3.32. The minimum Gasteiger partial charge on any atom is -0.421 e. The number of carbonyl (C=O) groups is 2. The molecule has 0 bridgehead atoms. The van der Waals surface area contributed by atoms with E-state index in [0.29, 0.717) is 29.3 Å². The molecule has 1 amide bonds. The molecule has 0 fully saturated rings. The summed E-state index contributed by atoms with van der Waals surface area (Å²) in [5.41, 5.74) is 2.30. The van der Waals surface area contributed by atoms with Gasteiger partial charge in [-0.15, -0.1) is 0 Å². The van der Waals surface area contributed by atoms with E-state index in [1.165, 1.54) is 0 Å². The number of halogens is 2. The van der Waals surface area contributed by atoms with E-state index in [4.69, 9.17) is 16.3 Å². The number of ether oxygens (including phenoxy) is 1. The maximum Gasteiger partial charge on any atom is 0.343 e. The van der Waals surface area contributed by atoms with E-state index in [0.717, 1.165) is 22.1 Å². The van der Waals surface area contributed by atoms with Gasteiger partial charge >= 0.3 is 5.97 Å². The van der Waals surface area contributed by atoms with Crippen LogP contribution in [0.25, 0.3) is 0 Å². The maximum atomic E-state index is 12.3. The molecular weight excluding hydrogens is 394 g/mol. The van der Waals surface area contributed by atoms with Crippen LogP contribution in [0.15, 0.2) is 40.9 Å². The molecule has 24 heavy (non-hydrogen) atoms. The predicted octanol–water partition coefficient (Wildman–Crippen LogP) is 4.62. The summed E-state index contributed by atoms with van der Waals surface area (Å²) in [5.74, 6) is -0.0684. The highest BCUT2D eigenvalue weighted by atomic mass is 79.9. The minimum atomic E-state index is -0.470. The second-order valence-electron chi connectivity index (χ2n) is 5.46. The van der Waals surface area contributed by atoms with E-state index in [1.807, 2.05) is 6.92 Å². The van der Waals surface area contributed by atoms with Gasteiger partial charge in [-0.2, -0.15) is 0 Å². The third-order valence-corrected chi connectivity index (χ3v) is 4.70. The van der Waals surface area contributed by atoms with Gasteiger partial charge in [0.1, 0.15) is 5.75 Å². The molecule has 6 heteroatoms. The van der Waals surface area contributed by atoms with Crippen LogP contribution in [0, 0.1) is 0 Å². The summed E-state index contributed by atoms with van der Waals surface area (Å²) in [6.07, 6.45) is 1.20. The van der Waals surface area contributed by atoms with Crippen LogP contribution >= 0.6 is 27.5 Å². The Morgan fingerprint density at radius 1 is 1.25 bits per heavy atom. The van der Waals surface area contributed by atoms with Gasteiger partial charge in [0.05, 0.1) is 10.6 Å². The zero-order valence-corrected chi connectivity index (χ0v) is 15.4. The first-order valence-corrected chi connectivity index (χ1v) is 8.77. The number of benzene rings is 2. The van der Waals surface area contributed by atoms with E-state index < -0.39 is 5.97 Å². The van der Waals surface area contributed by atoms with Gasteiger partial charge in [0.2, 0.25) is 5.91 Å². The normalized spacial score (nSPS) is 12.9. The molecule has 0 N–H and O–H groups in total. The first-order valence-electron chi connectivity index (χ1n) is 7.60. The monoisotopic (exact) mass is 407 g/mol. The lowest BCUT2D eigenvalue weighted by Crippen LogP contribution is -2.27. The van der Waals surface area contributed by atoms with Crippen molar-refractivity contribution in [2.75, 3.05) is 11.4 Å². The molecule has 4 nitrogen and oxygen atoms in total. The highest BCUT2D eigenvalue weighted by Crippen LogP contribution is 2.31. The van der Waals surface area contributed by atoms with Crippen molar-refractivity contribution in [1.29, 1.82) is 0 Å². The molecule has 0 saturated carbocycles. The molecule has 0 radical (unpaired) electrons. The molecule has 0 unspecified atom stereocenters. The zero-order chi connectivity index (χ0) is 17.3. The average molecular weight is 409 g/mol. The van der Waals surface area contributed by atoms with Crippen molar-refractivity contribution < 1.29 is 14.3 Å². The second kappa shape index (κ2) is 6.95. The Bertz CT molecular complexity index is 822. The van der Waals surface area contributed by atoms with Gasteiger partial charge in [-0.25, -0.2) is 4.79 Å². The Labute approximate surface area is 153 Å². The molecule has 1 heterocycles. The Morgan fingerprint density at radius 2 is 2.04 bits per heavy atom. The van der Waals surface area contributed by atoms with Crippen molar-refractivity contribution in [1.82, 2.24) is 0 Å². The van der Waals surface area contributed by atoms with Crippen LogP contribution in [0.3, 0.4) is 0 Å².